The van der Waals surface area contributed by atoms with E-state index in [4.69, 9.17) is 9.47 Å². The van der Waals surface area contributed by atoms with Crippen LogP contribution in [0.5, 0.6) is 0 Å². The summed E-state index contributed by atoms with van der Waals surface area (Å²) in [5, 5.41) is 10.1. The number of aliphatic hydroxyl groups is 1. The zero-order chi connectivity index (χ0) is 16.6. The number of rotatable bonds is 0. The number of allylic oxidation sites excluding steroid dienone is 1. The van der Waals surface area contributed by atoms with Crippen molar-refractivity contribution in [3.63, 3.8) is 0 Å². The largest absolute Gasteiger partial charge is 0.459 e. The molecule has 0 aromatic rings. The van der Waals surface area contributed by atoms with Crippen molar-refractivity contribution in [1.82, 2.24) is 4.90 Å². The Bertz CT molecular complexity index is 567. The van der Waals surface area contributed by atoms with E-state index in [1.54, 1.807) is 19.9 Å². The van der Waals surface area contributed by atoms with Crippen LogP contribution in [0.1, 0.15) is 26.7 Å². The normalized spacial score (nSPS) is 37.5. The number of aliphatic hydroxyl groups excluding tert-OH is 1. The molecule has 0 amide bonds. The summed E-state index contributed by atoms with van der Waals surface area (Å²) in [6, 6.07) is -0.0150. The summed E-state index contributed by atoms with van der Waals surface area (Å²) in [5.41, 5.74) is 1.45. The highest BCUT2D eigenvalue weighted by Crippen LogP contribution is 2.32. The molecule has 23 heavy (non-hydrogen) atoms. The molecular weight excluding hydrogens is 298 g/mol. The zero-order valence-corrected chi connectivity index (χ0v) is 13.5. The first-order valence-electron chi connectivity index (χ1n) is 8.15. The fourth-order valence-corrected chi connectivity index (χ4v) is 3.59. The van der Waals surface area contributed by atoms with Gasteiger partial charge in [0.05, 0.1) is 6.04 Å². The van der Waals surface area contributed by atoms with E-state index < -0.39 is 18.0 Å². The summed E-state index contributed by atoms with van der Waals surface area (Å²) in [7, 11) is 0. The molecule has 0 aromatic carbocycles. The monoisotopic (exact) mass is 321 g/mol. The molecule has 0 radical (unpaired) electrons. The molecule has 3 aliphatic heterocycles. The topological polar surface area (TPSA) is 76.1 Å². The quantitative estimate of drug-likeness (QED) is 0.404. The van der Waals surface area contributed by atoms with Crippen molar-refractivity contribution in [3.05, 3.63) is 23.3 Å². The average molecular weight is 321 g/mol. The van der Waals surface area contributed by atoms with Gasteiger partial charge in [-0.15, -0.1) is 0 Å². The van der Waals surface area contributed by atoms with Gasteiger partial charge in [-0.3, -0.25) is 4.90 Å². The Morgan fingerprint density at radius 1 is 1.39 bits per heavy atom. The van der Waals surface area contributed by atoms with E-state index in [-0.39, 0.29) is 31.1 Å². The van der Waals surface area contributed by atoms with Crippen molar-refractivity contribution in [2.24, 2.45) is 5.92 Å². The summed E-state index contributed by atoms with van der Waals surface area (Å²) in [4.78, 5) is 26.7. The Hall–Kier alpha value is -1.66. The molecule has 3 rings (SSSR count). The Balaban J connectivity index is 1.87. The van der Waals surface area contributed by atoms with Crippen molar-refractivity contribution in [1.29, 1.82) is 0 Å². The van der Waals surface area contributed by atoms with Crippen LogP contribution in [0, 0.1) is 5.92 Å². The Morgan fingerprint density at radius 3 is 2.91 bits per heavy atom. The molecular formula is C17H23NO5. The molecule has 6 nitrogen and oxygen atoms in total. The van der Waals surface area contributed by atoms with Crippen LogP contribution >= 0.6 is 0 Å². The number of hydrogen-bond donors (Lipinski definition) is 1. The molecule has 6 heteroatoms. The maximum Gasteiger partial charge on any atom is 0.335 e. The van der Waals surface area contributed by atoms with Crippen LogP contribution in [-0.2, 0) is 19.1 Å². The third kappa shape index (κ3) is 3.05. The number of hydrogen-bond acceptors (Lipinski definition) is 6. The molecule has 2 saturated heterocycles. The minimum absolute atomic E-state index is 0.0150. The van der Waals surface area contributed by atoms with Crippen LogP contribution in [-0.4, -0.2) is 59.9 Å². The van der Waals surface area contributed by atoms with Crippen LogP contribution in [0.15, 0.2) is 23.3 Å². The lowest BCUT2D eigenvalue weighted by molar-refractivity contribution is -0.156. The van der Waals surface area contributed by atoms with Gasteiger partial charge in [0, 0.05) is 18.7 Å². The van der Waals surface area contributed by atoms with Gasteiger partial charge in [0.1, 0.15) is 12.7 Å². The first kappa shape index (κ1) is 16.2. The highest BCUT2D eigenvalue weighted by atomic mass is 16.6. The second kappa shape index (κ2) is 6.45. The third-order valence-electron chi connectivity index (χ3n) is 4.99. The van der Waals surface area contributed by atoms with Crippen LogP contribution < -0.4 is 0 Å². The molecule has 1 N–H and O–H groups in total. The molecule has 0 unspecified atom stereocenters. The molecule has 126 valence electrons. The average Bonchev–Trinajstić information content (AvgIpc) is 3.11. The predicted octanol–water partition coefficient (Wildman–Crippen LogP) is 0.803. The van der Waals surface area contributed by atoms with Crippen molar-refractivity contribution < 1.29 is 24.2 Å². The maximum atomic E-state index is 12.4. The molecule has 4 atom stereocenters. The molecule has 2 fully saturated rings. The van der Waals surface area contributed by atoms with Crippen molar-refractivity contribution in [2.75, 3.05) is 19.7 Å². The van der Waals surface area contributed by atoms with Gasteiger partial charge in [-0.25, -0.2) is 9.59 Å². The summed E-state index contributed by atoms with van der Waals surface area (Å²) in [6.45, 7) is 5.28. The predicted molar refractivity (Wildman–Crippen MR) is 82.4 cm³/mol. The third-order valence-corrected chi connectivity index (χ3v) is 4.99. The summed E-state index contributed by atoms with van der Waals surface area (Å²) >= 11 is 0. The van der Waals surface area contributed by atoms with E-state index in [1.165, 1.54) is 0 Å². The van der Waals surface area contributed by atoms with Crippen LogP contribution in [0.4, 0.5) is 0 Å². The lowest BCUT2D eigenvalue weighted by atomic mass is 9.95. The number of esters is 2. The lowest BCUT2D eigenvalue weighted by Crippen LogP contribution is -2.38. The lowest BCUT2D eigenvalue weighted by Gasteiger charge is -2.26. The fourth-order valence-electron chi connectivity index (χ4n) is 3.59. The van der Waals surface area contributed by atoms with Gasteiger partial charge >= 0.3 is 11.9 Å². The molecule has 0 spiro atoms. The Morgan fingerprint density at radius 2 is 2.17 bits per heavy atom. The van der Waals surface area contributed by atoms with Crippen molar-refractivity contribution in [2.45, 2.75) is 44.9 Å². The van der Waals surface area contributed by atoms with Crippen LogP contribution in [0.25, 0.3) is 0 Å². The van der Waals surface area contributed by atoms with Gasteiger partial charge in [0.25, 0.3) is 0 Å². The van der Waals surface area contributed by atoms with Crippen LogP contribution in [0.3, 0.4) is 0 Å². The Kier molecular flexibility index (Phi) is 4.55. The molecule has 0 aromatic heterocycles. The molecule has 3 heterocycles. The SMILES string of the molecule is C/C=C1\C[C@H](C)[C@@H](O)C(=O)OCC2=CCN3CC[C@@H](OC1=O)[C@H]23. The first-order chi connectivity index (χ1) is 11.0. The number of ether oxygens (including phenoxy) is 2. The van der Waals surface area contributed by atoms with Gasteiger partial charge in [0.2, 0.25) is 0 Å². The smallest absolute Gasteiger partial charge is 0.335 e. The summed E-state index contributed by atoms with van der Waals surface area (Å²) < 4.78 is 11.0. The number of cyclic esters (lactones) is 1. The van der Waals surface area contributed by atoms with Crippen molar-refractivity contribution >= 4 is 11.9 Å². The Labute approximate surface area is 135 Å². The highest BCUT2D eigenvalue weighted by Gasteiger charge is 2.42. The summed E-state index contributed by atoms with van der Waals surface area (Å²) in [6.07, 6.45) is 3.35. The van der Waals surface area contributed by atoms with Crippen molar-refractivity contribution in [3.8, 4) is 0 Å². The molecule has 0 saturated carbocycles. The second-order valence-corrected chi connectivity index (χ2v) is 6.50. The minimum atomic E-state index is -1.24. The second-order valence-electron chi connectivity index (χ2n) is 6.50. The fraction of sp³-hybridized carbons (Fsp3) is 0.647. The van der Waals surface area contributed by atoms with Gasteiger partial charge in [0.15, 0.2) is 6.10 Å². The van der Waals surface area contributed by atoms with E-state index in [9.17, 15) is 14.7 Å². The van der Waals surface area contributed by atoms with E-state index in [1.807, 2.05) is 6.08 Å². The molecule has 3 aliphatic rings. The van der Waals surface area contributed by atoms with E-state index in [0.717, 1.165) is 25.1 Å². The van der Waals surface area contributed by atoms with Crippen LogP contribution in [0.2, 0.25) is 0 Å². The molecule has 0 aliphatic carbocycles. The maximum absolute atomic E-state index is 12.4. The number of nitrogens with zero attached hydrogens (tertiary/aromatic N) is 1. The van der Waals surface area contributed by atoms with E-state index >= 15 is 0 Å². The minimum Gasteiger partial charge on any atom is -0.459 e. The zero-order valence-electron chi connectivity index (χ0n) is 13.5. The standard InChI is InChI=1S/C17H23NO5/c1-3-11-8-10(2)15(19)17(21)22-9-12-4-6-18-7-5-13(14(12)18)23-16(11)20/h3-4,10,13-15,19H,5-9H2,1-2H3/b11-3+/t10-,13+,14-,15+/m0/s1. The summed E-state index contributed by atoms with van der Waals surface area (Å²) in [5.74, 6) is -1.39. The number of carbonyl (C=O) groups excluding carboxylic acids is 2. The van der Waals surface area contributed by atoms with Gasteiger partial charge in [-0.1, -0.05) is 19.1 Å². The number of carbonyl (C=O) groups is 2. The first-order valence-corrected chi connectivity index (χ1v) is 8.15. The molecule has 0 bridgehead atoms. The van der Waals surface area contributed by atoms with Gasteiger partial charge in [-0.2, -0.15) is 0 Å². The van der Waals surface area contributed by atoms with E-state index in [2.05, 4.69) is 4.90 Å². The van der Waals surface area contributed by atoms with Gasteiger partial charge in [-0.05, 0) is 31.3 Å². The van der Waals surface area contributed by atoms with E-state index in [0.29, 0.717) is 5.57 Å². The van der Waals surface area contributed by atoms with Gasteiger partial charge < -0.3 is 14.6 Å². The highest BCUT2D eigenvalue weighted by molar-refractivity contribution is 5.88.